The van der Waals surface area contributed by atoms with Gasteiger partial charge in [-0.25, -0.2) is 9.37 Å². The Morgan fingerprint density at radius 2 is 1.87 bits per heavy atom. The number of anilines is 1. The zero-order valence-corrected chi connectivity index (χ0v) is 18.5. The van der Waals surface area contributed by atoms with E-state index < -0.39 is 0 Å². The van der Waals surface area contributed by atoms with Gasteiger partial charge >= 0.3 is 0 Å². The zero-order valence-electron chi connectivity index (χ0n) is 17.7. The van der Waals surface area contributed by atoms with E-state index in [-0.39, 0.29) is 11.7 Å². The van der Waals surface area contributed by atoms with E-state index >= 15 is 0 Å². The molecule has 2 aliphatic rings. The van der Waals surface area contributed by atoms with Crippen molar-refractivity contribution in [1.82, 2.24) is 9.88 Å². The Labute approximate surface area is 186 Å². The van der Waals surface area contributed by atoms with Gasteiger partial charge in [-0.1, -0.05) is 41.7 Å². The lowest BCUT2D eigenvalue weighted by Gasteiger charge is -2.38. The number of hydrogen-bond donors (Lipinski definition) is 0. The van der Waals surface area contributed by atoms with Gasteiger partial charge in [-0.15, -0.1) is 0 Å². The fourth-order valence-electron chi connectivity index (χ4n) is 4.94. The van der Waals surface area contributed by atoms with Gasteiger partial charge in [-0.3, -0.25) is 4.79 Å². The van der Waals surface area contributed by atoms with Crippen molar-refractivity contribution >= 4 is 32.6 Å². The van der Waals surface area contributed by atoms with E-state index in [0.717, 1.165) is 67.1 Å². The van der Waals surface area contributed by atoms with Crippen LogP contribution in [0, 0.1) is 17.7 Å². The summed E-state index contributed by atoms with van der Waals surface area (Å²) in [5, 5.41) is 0.902. The molecule has 4 nitrogen and oxygen atoms in total. The molecule has 0 N–H and O–H groups in total. The van der Waals surface area contributed by atoms with Crippen LogP contribution in [0.1, 0.15) is 31.2 Å². The molecule has 2 aromatic carbocycles. The monoisotopic (exact) mass is 437 g/mol. The van der Waals surface area contributed by atoms with Crippen molar-refractivity contribution in [3.8, 4) is 0 Å². The van der Waals surface area contributed by atoms with Crippen molar-refractivity contribution in [1.29, 1.82) is 0 Å². The number of nitrogens with zero attached hydrogens (tertiary/aromatic N) is 3. The third-order valence-electron chi connectivity index (χ3n) is 6.67. The molecule has 2 aliphatic heterocycles. The van der Waals surface area contributed by atoms with Gasteiger partial charge in [0, 0.05) is 26.2 Å². The average Bonchev–Trinajstić information content (AvgIpc) is 3.23. The maximum Gasteiger partial charge on any atom is 0.227 e. The molecule has 162 valence electrons. The Morgan fingerprint density at radius 1 is 1.06 bits per heavy atom. The molecule has 1 amide bonds. The molecule has 6 heteroatoms. The number of halogens is 1. The van der Waals surface area contributed by atoms with Crippen LogP contribution in [0.25, 0.3) is 10.2 Å². The van der Waals surface area contributed by atoms with Crippen LogP contribution in [0.3, 0.4) is 0 Å². The molecular weight excluding hydrogens is 409 g/mol. The normalized spacial score (nSPS) is 20.4. The van der Waals surface area contributed by atoms with Crippen molar-refractivity contribution in [2.45, 2.75) is 32.1 Å². The molecule has 1 aromatic heterocycles. The summed E-state index contributed by atoms with van der Waals surface area (Å²) in [5.41, 5.74) is 2.22. The van der Waals surface area contributed by atoms with Gasteiger partial charge in [-0.2, -0.15) is 0 Å². The number of piperidine rings is 2. The standard InChI is InChI=1S/C25H28FN3OS/c26-21-8-9-22-23(16-21)31-25(27-22)29-12-4-7-20(17-29)24(30)28-13-10-19(11-14-28)15-18-5-2-1-3-6-18/h1-3,5-6,8-9,16,19-20H,4,7,10-15,17H2. The SMILES string of the molecule is O=C(C1CCCN(c2nc3ccc(F)cc3s2)C1)N1CCC(Cc2ccccc2)CC1. The van der Waals surface area contributed by atoms with Crippen LogP contribution in [0.2, 0.25) is 0 Å². The lowest BCUT2D eigenvalue weighted by atomic mass is 9.89. The average molecular weight is 438 g/mol. The lowest BCUT2D eigenvalue weighted by Crippen LogP contribution is -2.47. The first-order valence-corrected chi connectivity index (χ1v) is 12.1. The molecule has 1 atom stereocenters. The summed E-state index contributed by atoms with van der Waals surface area (Å²) in [6.07, 6.45) is 5.21. The minimum Gasteiger partial charge on any atom is -0.347 e. The molecular formula is C25H28FN3OS. The van der Waals surface area contributed by atoms with Crippen LogP contribution in [0.15, 0.2) is 48.5 Å². The van der Waals surface area contributed by atoms with Crippen LogP contribution < -0.4 is 4.90 Å². The number of likely N-dealkylation sites (tertiary alicyclic amines) is 1. The molecule has 2 fully saturated rings. The van der Waals surface area contributed by atoms with Gasteiger partial charge in [0.25, 0.3) is 0 Å². The van der Waals surface area contributed by atoms with Crippen molar-refractivity contribution < 1.29 is 9.18 Å². The van der Waals surface area contributed by atoms with Gasteiger partial charge in [0.05, 0.1) is 16.1 Å². The molecule has 0 bridgehead atoms. The fourth-order valence-corrected chi connectivity index (χ4v) is 5.96. The second-order valence-electron chi connectivity index (χ2n) is 8.85. The van der Waals surface area contributed by atoms with E-state index in [1.165, 1.54) is 23.0 Å². The third kappa shape index (κ3) is 4.59. The summed E-state index contributed by atoms with van der Waals surface area (Å²) in [7, 11) is 0. The smallest absolute Gasteiger partial charge is 0.227 e. The number of fused-ring (bicyclic) bond motifs is 1. The Balaban J connectivity index is 1.19. The van der Waals surface area contributed by atoms with E-state index in [4.69, 9.17) is 0 Å². The molecule has 0 radical (unpaired) electrons. The van der Waals surface area contributed by atoms with Gasteiger partial charge in [0.15, 0.2) is 5.13 Å². The predicted molar refractivity (Wildman–Crippen MR) is 124 cm³/mol. The molecule has 5 rings (SSSR count). The van der Waals surface area contributed by atoms with Gasteiger partial charge in [-0.05, 0) is 61.8 Å². The minimum atomic E-state index is -0.231. The number of rotatable bonds is 4. The Hall–Kier alpha value is -2.47. The van der Waals surface area contributed by atoms with E-state index in [0.29, 0.717) is 18.4 Å². The molecule has 1 unspecified atom stereocenters. The molecule has 3 aromatic rings. The Bertz CT molecular complexity index is 1050. The van der Waals surface area contributed by atoms with Gasteiger partial charge in [0.1, 0.15) is 5.82 Å². The number of carbonyl (C=O) groups excluding carboxylic acids is 1. The number of amides is 1. The predicted octanol–water partition coefficient (Wildman–Crippen LogP) is 5.13. The highest BCUT2D eigenvalue weighted by molar-refractivity contribution is 7.22. The van der Waals surface area contributed by atoms with Gasteiger partial charge in [0.2, 0.25) is 5.91 Å². The van der Waals surface area contributed by atoms with E-state index in [1.54, 1.807) is 12.1 Å². The number of hydrogen-bond acceptors (Lipinski definition) is 4. The molecule has 0 saturated carbocycles. The molecule has 2 saturated heterocycles. The second kappa shape index (κ2) is 8.95. The number of carbonyl (C=O) groups is 1. The topological polar surface area (TPSA) is 36.4 Å². The first-order valence-electron chi connectivity index (χ1n) is 11.3. The highest BCUT2D eigenvalue weighted by Crippen LogP contribution is 2.33. The summed E-state index contributed by atoms with van der Waals surface area (Å²) in [6.45, 7) is 3.36. The molecule has 3 heterocycles. The number of benzene rings is 2. The van der Waals surface area contributed by atoms with Crippen molar-refractivity contribution in [3.63, 3.8) is 0 Å². The number of aromatic nitrogens is 1. The van der Waals surface area contributed by atoms with Crippen LogP contribution in [0.4, 0.5) is 9.52 Å². The quantitative estimate of drug-likeness (QED) is 0.568. The maximum absolute atomic E-state index is 13.5. The largest absolute Gasteiger partial charge is 0.347 e. The zero-order chi connectivity index (χ0) is 21.2. The summed E-state index contributed by atoms with van der Waals surface area (Å²) in [5.74, 6) is 0.765. The highest BCUT2D eigenvalue weighted by atomic mass is 32.1. The van der Waals surface area contributed by atoms with Gasteiger partial charge < -0.3 is 9.80 Å². The first-order chi connectivity index (χ1) is 15.2. The van der Waals surface area contributed by atoms with Crippen molar-refractivity contribution in [2.75, 3.05) is 31.1 Å². The van der Waals surface area contributed by atoms with E-state index in [9.17, 15) is 9.18 Å². The summed E-state index contributed by atoms with van der Waals surface area (Å²) in [6, 6.07) is 15.4. The third-order valence-corrected chi connectivity index (χ3v) is 7.75. The van der Waals surface area contributed by atoms with Crippen LogP contribution in [-0.4, -0.2) is 42.0 Å². The molecule has 31 heavy (non-hydrogen) atoms. The maximum atomic E-state index is 13.5. The van der Waals surface area contributed by atoms with Crippen molar-refractivity contribution in [3.05, 3.63) is 59.9 Å². The lowest BCUT2D eigenvalue weighted by molar-refractivity contribution is -0.137. The minimum absolute atomic E-state index is 0.0307. The van der Waals surface area contributed by atoms with E-state index in [1.807, 2.05) is 0 Å². The van der Waals surface area contributed by atoms with Crippen LogP contribution in [0.5, 0.6) is 0 Å². The van der Waals surface area contributed by atoms with E-state index in [2.05, 4.69) is 45.1 Å². The Kier molecular flexibility index (Phi) is 5.90. The fraction of sp³-hybridized carbons (Fsp3) is 0.440. The molecule has 0 spiro atoms. The summed E-state index contributed by atoms with van der Waals surface area (Å²) < 4.78 is 14.4. The van der Waals surface area contributed by atoms with Crippen molar-refractivity contribution in [2.24, 2.45) is 11.8 Å². The highest BCUT2D eigenvalue weighted by Gasteiger charge is 2.32. The van der Waals surface area contributed by atoms with Crippen LogP contribution >= 0.6 is 11.3 Å². The summed E-state index contributed by atoms with van der Waals surface area (Å²) >= 11 is 1.52. The molecule has 0 aliphatic carbocycles. The second-order valence-corrected chi connectivity index (χ2v) is 9.86. The van der Waals surface area contributed by atoms with Crippen LogP contribution in [-0.2, 0) is 11.2 Å². The number of thiazole rings is 1. The summed E-state index contributed by atoms with van der Waals surface area (Å²) in [4.78, 5) is 22.2. The Morgan fingerprint density at radius 3 is 2.68 bits per heavy atom. The first kappa shape index (κ1) is 20.4.